The van der Waals surface area contributed by atoms with Crippen molar-refractivity contribution in [2.75, 3.05) is 33.3 Å². The zero-order chi connectivity index (χ0) is 28.1. The van der Waals surface area contributed by atoms with Gasteiger partial charge in [-0.05, 0) is 49.3 Å². The third-order valence-corrected chi connectivity index (χ3v) is 6.87. The molecule has 5 N–H and O–H groups in total. The minimum Gasteiger partial charge on any atom is -0.496 e. The van der Waals surface area contributed by atoms with Gasteiger partial charge in [0.05, 0.1) is 13.7 Å². The summed E-state index contributed by atoms with van der Waals surface area (Å²) in [6.45, 7) is 4.81. The maximum absolute atomic E-state index is 13.4. The molecule has 12 nitrogen and oxygen atoms in total. The van der Waals surface area contributed by atoms with E-state index in [1.54, 1.807) is 25.3 Å². The maximum atomic E-state index is 13.4. The van der Waals surface area contributed by atoms with Gasteiger partial charge in [0.25, 0.3) is 11.8 Å². The fourth-order valence-corrected chi connectivity index (χ4v) is 4.54. The van der Waals surface area contributed by atoms with Crippen LogP contribution in [0, 0.1) is 11.8 Å². The van der Waals surface area contributed by atoms with Crippen LogP contribution < -0.4 is 26.0 Å². The Morgan fingerprint density at radius 3 is 2.54 bits per heavy atom. The highest BCUT2D eigenvalue weighted by molar-refractivity contribution is 6.38. The van der Waals surface area contributed by atoms with Gasteiger partial charge < -0.3 is 35.9 Å². The number of methoxy groups -OCH3 is 1. The Balaban J connectivity index is 1.49. The number of H-pyrrole nitrogens is 1. The van der Waals surface area contributed by atoms with Crippen molar-refractivity contribution >= 4 is 40.4 Å². The molecule has 0 radical (unpaired) electrons. The van der Waals surface area contributed by atoms with E-state index in [1.165, 1.54) is 4.90 Å². The predicted octanol–water partition coefficient (Wildman–Crippen LogP) is 0.926. The molecule has 2 aliphatic rings. The topological polar surface area (TPSA) is 162 Å². The van der Waals surface area contributed by atoms with Gasteiger partial charge in [-0.2, -0.15) is 0 Å². The molecule has 12 heteroatoms. The zero-order valence-corrected chi connectivity index (χ0v) is 22.5. The number of amides is 5. The molecule has 1 aliphatic heterocycles. The Morgan fingerprint density at radius 1 is 1.13 bits per heavy atom. The number of Topliss-reactive ketones (excluding diaryl/α,β-unsaturated/α-hetero) is 1. The van der Waals surface area contributed by atoms with Crippen molar-refractivity contribution < 1.29 is 28.7 Å². The minimum atomic E-state index is -1.26. The molecule has 1 saturated heterocycles. The van der Waals surface area contributed by atoms with Crippen LogP contribution in [-0.4, -0.2) is 84.8 Å². The van der Waals surface area contributed by atoms with E-state index in [1.807, 2.05) is 19.9 Å². The number of carbonyl (C=O) groups excluding carboxylic acids is 5. The van der Waals surface area contributed by atoms with Crippen molar-refractivity contribution in [2.45, 2.75) is 45.2 Å². The molecule has 1 aromatic heterocycles. The Bertz CT molecular complexity index is 1250. The quantitative estimate of drug-likeness (QED) is 0.238. The van der Waals surface area contributed by atoms with Gasteiger partial charge in [-0.15, -0.1) is 0 Å². The fourth-order valence-electron chi connectivity index (χ4n) is 4.54. The molecule has 1 aliphatic carbocycles. The maximum Gasteiger partial charge on any atom is 0.317 e. The van der Waals surface area contributed by atoms with E-state index in [9.17, 15) is 24.0 Å². The van der Waals surface area contributed by atoms with Crippen LogP contribution in [0.25, 0.3) is 10.9 Å². The van der Waals surface area contributed by atoms with Gasteiger partial charge in [-0.25, -0.2) is 4.79 Å². The van der Waals surface area contributed by atoms with Crippen molar-refractivity contribution in [1.29, 1.82) is 0 Å². The van der Waals surface area contributed by atoms with E-state index in [2.05, 4.69) is 26.3 Å². The van der Waals surface area contributed by atoms with Crippen molar-refractivity contribution in [3.05, 3.63) is 30.0 Å². The van der Waals surface area contributed by atoms with Crippen LogP contribution in [-0.2, 0) is 14.4 Å². The number of ether oxygens (including phenoxy) is 1. The lowest BCUT2D eigenvalue weighted by molar-refractivity contribution is -0.140. The van der Waals surface area contributed by atoms with Crippen molar-refractivity contribution in [1.82, 2.24) is 31.2 Å². The van der Waals surface area contributed by atoms with Gasteiger partial charge in [0.1, 0.15) is 23.5 Å². The lowest BCUT2D eigenvalue weighted by atomic mass is 10.0. The summed E-state index contributed by atoms with van der Waals surface area (Å²) < 4.78 is 5.36. The van der Waals surface area contributed by atoms with Crippen LogP contribution in [0.5, 0.6) is 5.75 Å². The van der Waals surface area contributed by atoms with Gasteiger partial charge in [0.15, 0.2) is 0 Å². The van der Waals surface area contributed by atoms with E-state index >= 15 is 0 Å². The first-order chi connectivity index (χ1) is 18.7. The molecule has 0 spiro atoms. The number of carbonyl (C=O) groups is 5. The number of benzene rings is 1. The first kappa shape index (κ1) is 27.9. The summed E-state index contributed by atoms with van der Waals surface area (Å²) in [5.74, 6) is -1.74. The van der Waals surface area contributed by atoms with Crippen molar-refractivity contribution in [2.24, 2.45) is 11.8 Å². The summed E-state index contributed by atoms with van der Waals surface area (Å²) >= 11 is 0. The monoisotopic (exact) mass is 540 g/mol. The Morgan fingerprint density at radius 2 is 1.90 bits per heavy atom. The molecule has 1 aromatic carbocycles. The number of nitrogens with one attached hydrogen (secondary N) is 5. The number of rotatable bonds is 13. The number of hydrogen-bond acceptors (Lipinski definition) is 6. The van der Waals surface area contributed by atoms with Gasteiger partial charge in [0, 0.05) is 30.5 Å². The second-order valence-corrected chi connectivity index (χ2v) is 10.5. The molecule has 5 amide bonds. The van der Waals surface area contributed by atoms with Crippen LogP contribution in [0.1, 0.15) is 43.6 Å². The normalized spacial score (nSPS) is 16.5. The average molecular weight is 541 g/mol. The summed E-state index contributed by atoms with van der Waals surface area (Å²) in [5, 5.41) is 11.4. The van der Waals surface area contributed by atoms with E-state index in [-0.39, 0.29) is 24.2 Å². The number of urea groups is 1. The molecule has 2 atom stereocenters. The first-order valence-corrected chi connectivity index (χ1v) is 13.3. The molecule has 210 valence electrons. The number of aromatic nitrogens is 1. The van der Waals surface area contributed by atoms with E-state index in [0.29, 0.717) is 43.2 Å². The Labute approximate surface area is 226 Å². The highest BCUT2D eigenvalue weighted by Crippen LogP contribution is 2.27. The average Bonchev–Trinajstić information content (AvgIpc) is 3.49. The molecule has 2 aromatic rings. The number of fused-ring (bicyclic) bond motifs is 1. The van der Waals surface area contributed by atoms with Crippen molar-refractivity contribution in [3.8, 4) is 5.75 Å². The largest absolute Gasteiger partial charge is 0.496 e. The molecular formula is C27H36N6O6. The molecule has 2 fully saturated rings. The third-order valence-electron chi connectivity index (χ3n) is 6.87. The molecule has 4 rings (SSSR count). The standard InChI is InChI=1S/C27H36N6O6/c1-15(2)11-19(31-25(36)20-12-17-18(30-20)5-4-6-22(17)39-3)24(35)32-21(14-33-10-9-28-27(33)38)23(34)26(37)29-13-16-7-8-16/h4-6,12,15-16,19,21,30H,7-11,13-14H2,1-3H3,(H,28,38)(H,29,37)(H,31,36)(H,32,35)/t19-,21-/m0/s1. The summed E-state index contributed by atoms with van der Waals surface area (Å²) in [5.41, 5.74) is 0.952. The number of aromatic amines is 1. The first-order valence-electron chi connectivity index (χ1n) is 13.3. The minimum absolute atomic E-state index is 0.0317. The lowest BCUT2D eigenvalue weighted by Crippen LogP contribution is -2.57. The molecule has 2 heterocycles. The molecular weight excluding hydrogens is 504 g/mol. The summed E-state index contributed by atoms with van der Waals surface area (Å²) in [4.78, 5) is 68.8. The molecule has 0 unspecified atom stereocenters. The predicted molar refractivity (Wildman–Crippen MR) is 143 cm³/mol. The van der Waals surface area contributed by atoms with Crippen LogP contribution >= 0.6 is 0 Å². The van der Waals surface area contributed by atoms with E-state index in [4.69, 9.17) is 4.74 Å². The van der Waals surface area contributed by atoms with Gasteiger partial charge >= 0.3 is 6.03 Å². The second-order valence-electron chi connectivity index (χ2n) is 10.5. The van der Waals surface area contributed by atoms with Crippen LogP contribution in [0.4, 0.5) is 4.79 Å². The van der Waals surface area contributed by atoms with Crippen LogP contribution in [0.2, 0.25) is 0 Å². The van der Waals surface area contributed by atoms with E-state index in [0.717, 1.165) is 18.2 Å². The number of hydrogen-bond donors (Lipinski definition) is 5. The van der Waals surface area contributed by atoms with Gasteiger partial charge in [-0.3, -0.25) is 19.2 Å². The summed E-state index contributed by atoms with van der Waals surface area (Å²) in [7, 11) is 1.54. The lowest BCUT2D eigenvalue weighted by Gasteiger charge is -2.26. The Kier molecular flexibility index (Phi) is 8.72. The summed E-state index contributed by atoms with van der Waals surface area (Å²) in [6.07, 6.45) is 2.30. The summed E-state index contributed by atoms with van der Waals surface area (Å²) in [6, 6.07) is 4.43. The van der Waals surface area contributed by atoms with Crippen LogP contribution in [0.15, 0.2) is 24.3 Å². The van der Waals surface area contributed by atoms with Crippen LogP contribution in [0.3, 0.4) is 0 Å². The smallest absolute Gasteiger partial charge is 0.317 e. The van der Waals surface area contributed by atoms with Crippen molar-refractivity contribution in [3.63, 3.8) is 0 Å². The molecule has 1 saturated carbocycles. The molecule has 39 heavy (non-hydrogen) atoms. The second kappa shape index (κ2) is 12.2. The number of nitrogens with zero attached hydrogens (tertiary/aromatic N) is 1. The number of ketones is 1. The highest BCUT2D eigenvalue weighted by atomic mass is 16.5. The fraction of sp³-hybridized carbons (Fsp3) is 0.519. The third kappa shape index (κ3) is 7.06. The highest BCUT2D eigenvalue weighted by Gasteiger charge is 2.35. The van der Waals surface area contributed by atoms with E-state index < -0.39 is 35.6 Å². The SMILES string of the molecule is COc1cccc2[nH]c(C(=O)N[C@@H](CC(C)C)C(=O)N[C@@H](CN3CCNC3=O)C(=O)C(=O)NCC3CC3)cc12. The Hall–Kier alpha value is -4.09. The zero-order valence-electron chi connectivity index (χ0n) is 22.5. The van der Waals surface area contributed by atoms with Gasteiger partial charge in [0.2, 0.25) is 11.7 Å². The van der Waals surface area contributed by atoms with Gasteiger partial charge in [-0.1, -0.05) is 19.9 Å². The molecule has 0 bridgehead atoms.